The maximum Gasteiger partial charge on any atom is 0.269 e. The van der Waals surface area contributed by atoms with E-state index in [1.165, 1.54) is 23.9 Å². The van der Waals surface area contributed by atoms with Gasteiger partial charge in [0, 0.05) is 17.7 Å². The first-order valence-electron chi connectivity index (χ1n) is 9.79. The first kappa shape index (κ1) is 21.3. The second-order valence-electron chi connectivity index (χ2n) is 6.88. The number of H-pyrrole nitrogens is 1. The molecule has 0 radical (unpaired) electrons. The predicted molar refractivity (Wildman–Crippen MR) is 122 cm³/mol. The largest absolute Gasteiger partial charge is 0.344 e. The van der Waals surface area contributed by atoms with E-state index in [9.17, 15) is 14.9 Å². The molecule has 0 atom stereocenters. The van der Waals surface area contributed by atoms with Crippen molar-refractivity contribution >= 4 is 23.4 Å². The predicted octanol–water partition coefficient (Wildman–Crippen LogP) is 4.38. The van der Waals surface area contributed by atoms with Crippen LogP contribution < -0.4 is 5.32 Å². The quantitative estimate of drug-likeness (QED) is 0.236. The third-order valence-corrected chi connectivity index (χ3v) is 5.57. The molecule has 160 valence electrons. The van der Waals surface area contributed by atoms with Crippen LogP contribution in [0.4, 0.5) is 5.69 Å². The third-order valence-electron chi connectivity index (χ3n) is 4.72. The number of carbonyl (C=O) groups is 1. The number of carbonyl (C=O) groups excluding carboxylic acids is 1. The van der Waals surface area contributed by atoms with E-state index in [1.54, 1.807) is 12.1 Å². The lowest BCUT2D eigenvalue weighted by Crippen LogP contribution is -2.30. The van der Waals surface area contributed by atoms with E-state index in [2.05, 4.69) is 20.5 Å². The van der Waals surface area contributed by atoms with Crippen LogP contribution in [0.25, 0.3) is 11.4 Å². The van der Waals surface area contributed by atoms with Gasteiger partial charge in [-0.2, -0.15) is 0 Å². The molecule has 0 saturated carbocycles. The molecule has 4 aromatic rings. The van der Waals surface area contributed by atoms with Crippen LogP contribution in [0, 0.1) is 10.1 Å². The molecule has 0 saturated heterocycles. The molecule has 4 rings (SSSR count). The summed E-state index contributed by atoms with van der Waals surface area (Å²) in [6, 6.07) is 25.3. The summed E-state index contributed by atoms with van der Waals surface area (Å²) in [5.74, 6) is 0.483. The van der Waals surface area contributed by atoms with Crippen LogP contribution in [-0.4, -0.2) is 31.8 Å². The molecule has 0 spiro atoms. The van der Waals surface area contributed by atoms with Gasteiger partial charge in [-0.05, 0) is 23.3 Å². The second kappa shape index (κ2) is 9.88. The Labute approximate surface area is 188 Å². The summed E-state index contributed by atoms with van der Waals surface area (Å²) in [6.45, 7) is 0. The van der Waals surface area contributed by atoms with E-state index < -0.39 is 4.92 Å². The van der Waals surface area contributed by atoms with Crippen LogP contribution in [0.15, 0.2) is 90.1 Å². The minimum atomic E-state index is -0.456. The van der Waals surface area contributed by atoms with Crippen LogP contribution in [0.2, 0.25) is 0 Å². The lowest BCUT2D eigenvalue weighted by molar-refractivity contribution is -0.384. The van der Waals surface area contributed by atoms with Crippen molar-refractivity contribution in [1.29, 1.82) is 0 Å². The third kappa shape index (κ3) is 5.19. The highest BCUT2D eigenvalue weighted by Gasteiger charge is 2.17. The van der Waals surface area contributed by atoms with Gasteiger partial charge in [0.15, 0.2) is 5.82 Å². The van der Waals surface area contributed by atoms with Gasteiger partial charge >= 0.3 is 0 Å². The maximum atomic E-state index is 12.7. The Morgan fingerprint density at radius 2 is 1.56 bits per heavy atom. The van der Waals surface area contributed by atoms with Gasteiger partial charge in [-0.1, -0.05) is 72.4 Å². The zero-order valence-electron chi connectivity index (χ0n) is 16.8. The Morgan fingerprint density at radius 1 is 0.969 bits per heavy atom. The monoisotopic (exact) mass is 445 g/mol. The number of nitrogens with one attached hydrogen (secondary N) is 2. The maximum absolute atomic E-state index is 12.7. The molecule has 1 amide bonds. The number of nitro benzene ring substituents is 1. The van der Waals surface area contributed by atoms with Crippen LogP contribution in [0.1, 0.15) is 17.2 Å². The molecule has 1 aromatic heterocycles. The molecule has 0 aliphatic heterocycles. The molecular weight excluding hydrogens is 426 g/mol. The van der Waals surface area contributed by atoms with Gasteiger partial charge in [0.05, 0.1) is 16.7 Å². The highest BCUT2D eigenvalue weighted by molar-refractivity contribution is 7.99. The number of benzene rings is 3. The van der Waals surface area contributed by atoms with Crippen molar-refractivity contribution in [3.63, 3.8) is 0 Å². The molecule has 0 aliphatic rings. The average Bonchev–Trinajstić information content (AvgIpc) is 3.31. The van der Waals surface area contributed by atoms with E-state index in [1.807, 2.05) is 60.7 Å². The first-order chi connectivity index (χ1) is 15.6. The molecule has 3 aromatic carbocycles. The topological polar surface area (TPSA) is 114 Å². The van der Waals surface area contributed by atoms with Gasteiger partial charge in [-0.3, -0.25) is 20.0 Å². The van der Waals surface area contributed by atoms with E-state index in [-0.39, 0.29) is 23.4 Å². The number of nitrogens with zero attached hydrogens (tertiary/aromatic N) is 3. The van der Waals surface area contributed by atoms with Crippen molar-refractivity contribution in [1.82, 2.24) is 20.5 Å². The van der Waals surface area contributed by atoms with Crippen molar-refractivity contribution in [2.24, 2.45) is 0 Å². The Bertz CT molecular complexity index is 1160. The SMILES string of the molecule is O=C(CSc1n[nH]c(-c2ccc([N+](=O)[O-])cc2)n1)NC(c1ccccc1)c1ccccc1. The van der Waals surface area contributed by atoms with Crippen molar-refractivity contribution in [3.8, 4) is 11.4 Å². The van der Waals surface area contributed by atoms with Gasteiger partial charge in [0.25, 0.3) is 5.69 Å². The molecule has 32 heavy (non-hydrogen) atoms. The zero-order chi connectivity index (χ0) is 22.3. The molecule has 0 unspecified atom stereocenters. The summed E-state index contributed by atoms with van der Waals surface area (Å²) in [5, 5.41) is 21.2. The number of non-ortho nitro benzene ring substituents is 1. The Morgan fingerprint density at radius 3 is 2.12 bits per heavy atom. The molecule has 8 nitrogen and oxygen atoms in total. The number of aromatic nitrogens is 3. The van der Waals surface area contributed by atoms with Gasteiger partial charge in [-0.15, -0.1) is 5.10 Å². The number of aromatic amines is 1. The summed E-state index contributed by atoms with van der Waals surface area (Å²) in [5.41, 5.74) is 2.67. The number of hydrogen-bond donors (Lipinski definition) is 2. The van der Waals surface area contributed by atoms with Crippen molar-refractivity contribution in [3.05, 3.63) is 106 Å². The van der Waals surface area contributed by atoms with Crippen LogP contribution in [0.3, 0.4) is 0 Å². The standard InChI is InChI=1S/C23H19N5O3S/c29-20(24-21(16-7-3-1-4-8-16)17-9-5-2-6-10-17)15-32-23-25-22(26-27-23)18-11-13-19(14-12-18)28(30)31/h1-14,21H,15H2,(H,24,29)(H,25,26,27). The van der Waals surface area contributed by atoms with Gasteiger partial charge in [0.1, 0.15) is 0 Å². The molecular formula is C23H19N5O3S. The number of rotatable bonds is 8. The van der Waals surface area contributed by atoms with Gasteiger partial charge in [0.2, 0.25) is 11.1 Å². The highest BCUT2D eigenvalue weighted by Crippen LogP contribution is 2.24. The number of thioether (sulfide) groups is 1. The van der Waals surface area contributed by atoms with E-state index in [0.717, 1.165) is 11.1 Å². The summed E-state index contributed by atoms with van der Waals surface area (Å²) in [7, 11) is 0. The number of amides is 1. The summed E-state index contributed by atoms with van der Waals surface area (Å²) in [4.78, 5) is 27.4. The van der Waals surface area contributed by atoms with Crippen molar-refractivity contribution in [2.75, 3.05) is 5.75 Å². The Hall–Kier alpha value is -3.98. The first-order valence-corrected chi connectivity index (χ1v) is 10.8. The van der Waals surface area contributed by atoms with Crippen LogP contribution >= 0.6 is 11.8 Å². The van der Waals surface area contributed by atoms with E-state index in [4.69, 9.17) is 0 Å². The normalized spacial score (nSPS) is 10.8. The fourth-order valence-electron chi connectivity index (χ4n) is 3.16. The van der Waals surface area contributed by atoms with E-state index >= 15 is 0 Å². The molecule has 2 N–H and O–H groups in total. The Balaban J connectivity index is 1.40. The number of nitro groups is 1. The average molecular weight is 446 g/mol. The van der Waals surface area contributed by atoms with Gasteiger partial charge in [-0.25, -0.2) is 4.98 Å². The van der Waals surface area contributed by atoms with Crippen molar-refractivity contribution in [2.45, 2.75) is 11.2 Å². The smallest absolute Gasteiger partial charge is 0.269 e. The van der Waals surface area contributed by atoms with Crippen molar-refractivity contribution < 1.29 is 9.72 Å². The summed E-state index contributed by atoms with van der Waals surface area (Å²) >= 11 is 1.21. The van der Waals surface area contributed by atoms with E-state index in [0.29, 0.717) is 16.5 Å². The minimum absolute atomic E-state index is 0.00548. The zero-order valence-corrected chi connectivity index (χ0v) is 17.7. The lowest BCUT2D eigenvalue weighted by atomic mass is 9.99. The molecule has 1 heterocycles. The summed E-state index contributed by atoms with van der Waals surface area (Å²) < 4.78 is 0. The second-order valence-corrected chi connectivity index (χ2v) is 7.82. The molecule has 0 bridgehead atoms. The Kier molecular flexibility index (Phi) is 6.57. The summed E-state index contributed by atoms with van der Waals surface area (Å²) in [6.07, 6.45) is 0. The number of hydrogen-bond acceptors (Lipinski definition) is 6. The molecule has 9 heteroatoms. The van der Waals surface area contributed by atoms with Crippen LogP contribution in [0.5, 0.6) is 0 Å². The fourth-order valence-corrected chi connectivity index (χ4v) is 3.77. The molecule has 0 aliphatic carbocycles. The van der Waals surface area contributed by atoms with Gasteiger partial charge < -0.3 is 5.32 Å². The highest BCUT2D eigenvalue weighted by atomic mass is 32.2. The minimum Gasteiger partial charge on any atom is -0.344 e. The fraction of sp³-hybridized carbons (Fsp3) is 0.0870. The lowest BCUT2D eigenvalue weighted by Gasteiger charge is -2.19. The molecule has 0 fully saturated rings. The van der Waals surface area contributed by atoms with Crippen LogP contribution in [-0.2, 0) is 4.79 Å².